The van der Waals surface area contributed by atoms with Crippen molar-refractivity contribution in [3.8, 4) is 5.75 Å². The average molecular weight is 508 g/mol. The van der Waals surface area contributed by atoms with E-state index in [-0.39, 0.29) is 31.0 Å². The Kier molecular flexibility index (Phi) is 6.93. The number of amides is 1. The van der Waals surface area contributed by atoms with Crippen LogP contribution >= 0.6 is 0 Å². The van der Waals surface area contributed by atoms with Crippen molar-refractivity contribution >= 4 is 29.5 Å². The Balaban J connectivity index is 1.48. The Morgan fingerprint density at radius 1 is 1.16 bits per heavy atom. The first-order valence-corrected chi connectivity index (χ1v) is 11.8. The third-order valence-electron chi connectivity index (χ3n) is 6.62. The van der Waals surface area contributed by atoms with Crippen molar-refractivity contribution in [2.24, 2.45) is 0 Å². The SMILES string of the molecule is C=C(C)C(=O)OCCNC(=O)OCCN1c2ccccc2C(C)(C)C12C=Cc1cc([N+](=O)[O-])ccc1O2. The summed E-state index contributed by atoms with van der Waals surface area (Å²) in [6, 6.07) is 12.5. The number of para-hydroxylation sites is 1. The lowest BCUT2D eigenvalue weighted by Gasteiger charge is -2.47. The van der Waals surface area contributed by atoms with E-state index in [0.29, 0.717) is 17.9 Å². The molecule has 0 bridgehead atoms. The van der Waals surface area contributed by atoms with Crippen LogP contribution in [0.2, 0.25) is 0 Å². The minimum Gasteiger partial charge on any atom is -0.463 e. The number of carbonyl (C=O) groups is 2. The standard InChI is InChI=1S/C27H29N3O7/c1-18(2)24(31)35-15-13-28-25(32)36-16-14-29-22-8-6-5-7-21(22)26(3,4)27(29)12-11-19-17-20(30(33)34)9-10-23(19)37-27/h5-12,17H,1,13-16H2,2-4H3,(H,28,32). The van der Waals surface area contributed by atoms with Crippen LogP contribution in [-0.2, 0) is 19.7 Å². The lowest BCUT2D eigenvalue weighted by Crippen LogP contribution is -2.60. The molecule has 0 radical (unpaired) electrons. The zero-order valence-corrected chi connectivity index (χ0v) is 21.0. The second kappa shape index (κ2) is 9.96. The van der Waals surface area contributed by atoms with E-state index in [2.05, 4.69) is 25.7 Å². The number of hydrogen-bond acceptors (Lipinski definition) is 8. The minimum atomic E-state index is -0.948. The number of benzene rings is 2. The highest BCUT2D eigenvalue weighted by Crippen LogP contribution is 2.54. The highest BCUT2D eigenvalue weighted by atomic mass is 16.6. The lowest BCUT2D eigenvalue weighted by molar-refractivity contribution is -0.384. The van der Waals surface area contributed by atoms with Crippen LogP contribution in [0.5, 0.6) is 5.75 Å². The molecular weight excluding hydrogens is 478 g/mol. The highest BCUT2D eigenvalue weighted by Gasteiger charge is 2.58. The van der Waals surface area contributed by atoms with Crippen LogP contribution in [0.4, 0.5) is 16.2 Å². The molecule has 1 atom stereocenters. The maximum Gasteiger partial charge on any atom is 0.407 e. The molecular formula is C27H29N3O7. The topological polar surface area (TPSA) is 120 Å². The van der Waals surface area contributed by atoms with E-state index >= 15 is 0 Å². The van der Waals surface area contributed by atoms with Gasteiger partial charge in [-0.05, 0) is 50.6 Å². The van der Waals surface area contributed by atoms with Gasteiger partial charge in [0.15, 0.2) is 0 Å². The third kappa shape index (κ3) is 4.74. The summed E-state index contributed by atoms with van der Waals surface area (Å²) in [6.45, 7) is 9.70. The van der Waals surface area contributed by atoms with Crippen molar-refractivity contribution < 1.29 is 28.7 Å². The quantitative estimate of drug-likeness (QED) is 0.184. The normalized spacial score (nSPS) is 18.4. The molecule has 0 saturated carbocycles. The van der Waals surface area contributed by atoms with Gasteiger partial charge in [0.1, 0.15) is 19.0 Å². The van der Waals surface area contributed by atoms with Gasteiger partial charge in [-0.15, -0.1) is 0 Å². The molecule has 2 heterocycles. The molecule has 1 unspecified atom stereocenters. The highest BCUT2D eigenvalue weighted by molar-refractivity contribution is 5.86. The van der Waals surface area contributed by atoms with Crippen molar-refractivity contribution in [1.29, 1.82) is 0 Å². The molecule has 2 aliphatic rings. The van der Waals surface area contributed by atoms with Crippen LogP contribution in [-0.4, -0.2) is 49.0 Å². The molecule has 194 valence electrons. The average Bonchev–Trinajstić information content (AvgIpc) is 3.04. The number of nitrogens with zero attached hydrogens (tertiary/aromatic N) is 2. The van der Waals surface area contributed by atoms with E-state index in [4.69, 9.17) is 14.2 Å². The maximum absolute atomic E-state index is 12.2. The molecule has 1 spiro atoms. The van der Waals surface area contributed by atoms with E-state index in [0.717, 1.165) is 11.3 Å². The van der Waals surface area contributed by atoms with Crippen molar-refractivity contribution in [2.45, 2.75) is 31.9 Å². The van der Waals surface area contributed by atoms with Gasteiger partial charge < -0.3 is 24.4 Å². The Labute approximate surface area is 214 Å². The smallest absolute Gasteiger partial charge is 0.407 e. The molecule has 0 fully saturated rings. The number of alkyl carbamates (subject to hydrolysis) is 1. The van der Waals surface area contributed by atoms with Crippen LogP contribution < -0.4 is 15.0 Å². The zero-order chi connectivity index (χ0) is 26.8. The minimum absolute atomic E-state index is 0.00774. The summed E-state index contributed by atoms with van der Waals surface area (Å²) in [7, 11) is 0. The van der Waals surface area contributed by atoms with E-state index in [1.807, 2.05) is 41.3 Å². The van der Waals surface area contributed by atoms with Crippen LogP contribution in [0.3, 0.4) is 0 Å². The molecule has 2 aliphatic heterocycles. The molecule has 10 heteroatoms. The number of esters is 1. The summed E-state index contributed by atoms with van der Waals surface area (Å²) in [5, 5.41) is 13.8. The van der Waals surface area contributed by atoms with Crippen molar-refractivity contribution in [3.05, 3.63) is 81.9 Å². The molecule has 1 amide bonds. The van der Waals surface area contributed by atoms with Gasteiger partial charge in [-0.25, -0.2) is 9.59 Å². The summed E-state index contributed by atoms with van der Waals surface area (Å²) in [6.07, 6.45) is 3.12. The first-order chi connectivity index (χ1) is 17.6. The van der Waals surface area contributed by atoms with Gasteiger partial charge >= 0.3 is 12.1 Å². The number of ether oxygens (including phenoxy) is 3. The lowest BCUT2D eigenvalue weighted by atomic mass is 9.76. The number of anilines is 1. The van der Waals surface area contributed by atoms with E-state index < -0.39 is 28.1 Å². The van der Waals surface area contributed by atoms with Crippen LogP contribution in [0.25, 0.3) is 6.08 Å². The Hall–Kier alpha value is -4.34. The number of rotatable bonds is 8. The number of non-ortho nitro benzene ring substituents is 1. The fraction of sp³-hybridized carbons (Fsp3) is 0.333. The molecule has 0 aliphatic carbocycles. The van der Waals surface area contributed by atoms with Gasteiger partial charge in [0.05, 0.1) is 23.4 Å². The van der Waals surface area contributed by atoms with Crippen molar-refractivity contribution in [3.63, 3.8) is 0 Å². The number of nitro benzene ring substituents is 1. The molecule has 10 nitrogen and oxygen atoms in total. The molecule has 4 rings (SSSR count). The van der Waals surface area contributed by atoms with Gasteiger partial charge in [-0.2, -0.15) is 0 Å². The monoisotopic (exact) mass is 507 g/mol. The third-order valence-corrected chi connectivity index (χ3v) is 6.62. The number of carbonyl (C=O) groups excluding carboxylic acids is 2. The molecule has 1 N–H and O–H groups in total. The van der Waals surface area contributed by atoms with Gasteiger partial charge in [-0.1, -0.05) is 24.8 Å². The fourth-order valence-electron chi connectivity index (χ4n) is 4.69. The Morgan fingerprint density at radius 3 is 2.65 bits per heavy atom. The summed E-state index contributed by atoms with van der Waals surface area (Å²) in [5.41, 5.74) is 1.44. The molecule has 0 aromatic heterocycles. The largest absolute Gasteiger partial charge is 0.463 e. The van der Waals surface area contributed by atoms with Gasteiger partial charge in [0.25, 0.3) is 5.69 Å². The van der Waals surface area contributed by atoms with Gasteiger partial charge in [0.2, 0.25) is 5.72 Å². The second-order valence-corrected chi connectivity index (χ2v) is 9.38. The Morgan fingerprint density at radius 2 is 1.92 bits per heavy atom. The molecule has 37 heavy (non-hydrogen) atoms. The van der Waals surface area contributed by atoms with Crippen LogP contribution in [0.1, 0.15) is 31.9 Å². The predicted octanol–water partition coefficient (Wildman–Crippen LogP) is 4.34. The summed E-state index contributed by atoms with van der Waals surface area (Å²) < 4.78 is 16.9. The number of hydrogen-bond donors (Lipinski definition) is 1. The van der Waals surface area contributed by atoms with Crippen molar-refractivity contribution in [2.75, 3.05) is 31.2 Å². The summed E-state index contributed by atoms with van der Waals surface area (Å²) in [4.78, 5) is 36.4. The van der Waals surface area contributed by atoms with Gasteiger partial charge in [-0.3, -0.25) is 10.1 Å². The second-order valence-electron chi connectivity index (χ2n) is 9.38. The molecule has 2 aromatic carbocycles. The first kappa shape index (κ1) is 25.7. The first-order valence-electron chi connectivity index (χ1n) is 11.8. The predicted molar refractivity (Wildman–Crippen MR) is 137 cm³/mol. The molecule has 2 aromatic rings. The molecule has 0 saturated heterocycles. The zero-order valence-electron chi connectivity index (χ0n) is 21.0. The number of nitro groups is 1. The number of nitrogens with one attached hydrogen (secondary N) is 1. The van der Waals surface area contributed by atoms with Crippen LogP contribution in [0, 0.1) is 10.1 Å². The van der Waals surface area contributed by atoms with Crippen molar-refractivity contribution in [1.82, 2.24) is 5.32 Å². The van der Waals surface area contributed by atoms with E-state index in [1.165, 1.54) is 12.1 Å². The van der Waals surface area contributed by atoms with E-state index in [1.54, 1.807) is 13.0 Å². The van der Waals surface area contributed by atoms with Crippen LogP contribution in [0.15, 0.2) is 60.7 Å². The maximum atomic E-state index is 12.2. The Bertz CT molecular complexity index is 1290. The number of fused-ring (bicyclic) bond motifs is 2. The summed E-state index contributed by atoms with van der Waals surface area (Å²) in [5.74, 6) is 0.00874. The summed E-state index contributed by atoms with van der Waals surface area (Å²) >= 11 is 0. The fourth-order valence-corrected chi connectivity index (χ4v) is 4.69. The van der Waals surface area contributed by atoms with E-state index in [9.17, 15) is 19.7 Å². The van der Waals surface area contributed by atoms with Gasteiger partial charge in [0, 0.05) is 29.0 Å².